The summed E-state index contributed by atoms with van der Waals surface area (Å²) in [6, 6.07) is 9.80. The summed E-state index contributed by atoms with van der Waals surface area (Å²) >= 11 is 0. The van der Waals surface area contributed by atoms with Crippen molar-refractivity contribution in [3.05, 3.63) is 93.2 Å². The maximum atomic E-state index is 14.8. The van der Waals surface area contributed by atoms with E-state index in [1.165, 1.54) is 17.4 Å². The Morgan fingerprint density at radius 2 is 1.62 bits per heavy atom. The molecule has 3 heterocycles. The fourth-order valence-corrected chi connectivity index (χ4v) is 16.9. The minimum atomic E-state index is -4.25. The van der Waals surface area contributed by atoms with Gasteiger partial charge in [-0.25, -0.2) is 27.5 Å². The Morgan fingerprint density at radius 3 is 2.35 bits per heavy atom. The van der Waals surface area contributed by atoms with E-state index >= 15 is 0 Å². The van der Waals surface area contributed by atoms with E-state index < -0.39 is 99.6 Å². The van der Waals surface area contributed by atoms with Crippen molar-refractivity contribution in [3.63, 3.8) is 0 Å². The predicted molar refractivity (Wildman–Crippen MR) is 324 cm³/mol. The number of hydrogen-bond donors (Lipinski definition) is 9. The minimum absolute atomic E-state index is 0.00175. The monoisotopic (exact) mass is 1250 g/mol. The standard InChI is InChI=1S/C64H83N9O15S/c1-34-35(2)54(36(3)43-29-62(6,7)88-52(34)43)89(82,83)72-59(65)67-25-14-18-45(70-49(75)31-68-38(5)74)57(77)69-30-42-27-40(56(76)66-24-13-12-17-46(58(78)79)71-60(80)85-32-39-15-10-9-11-16-39)23-26-73(42)61(81)86-48-22-20-44-50-37(4)63(50)28-41-19-21-47(84-8)53-51(41)64(44,33-63)55(48)87-53/h9-11,15-16,19,21-22,37,40,42,44-46,50,55H,12-14,17-18,20,23-33H2,1-8H3,(H,66,76)(H,68,74)(H,69,77)(H,70,75)(H,71,80)(H,78,79)(H3,65,67,72)/t37?,40?,42?,44-,45-,46-,50-,55-,63?,64-/m0/s1. The average Bonchev–Trinajstić information content (AvgIpc) is 1.46. The molecule has 2 spiro atoms. The van der Waals surface area contributed by atoms with Gasteiger partial charge in [0.15, 0.2) is 17.6 Å². The smallest absolute Gasteiger partial charge is 0.415 e. The molecule has 0 aromatic heterocycles. The number of aliphatic carboxylic acids is 1. The third-order valence-electron chi connectivity index (χ3n) is 19.6. The molecule has 480 valence electrons. The molecule has 10 rings (SSSR count). The number of carboxylic acid groups (broad SMARTS) is 1. The van der Waals surface area contributed by atoms with Gasteiger partial charge >= 0.3 is 18.2 Å². The van der Waals surface area contributed by atoms with Crippen LogP contribution in [0.2, 0.25) is 0 Å². The van der Waals surface area contributed by atoms with Gasteiger partial charge in [0.2, 0.25) is 29.6 Å². The first-order chi connectivity index (χ1) is 42.3. The fraction of sp³-hybridized carbons (Fsp3) is 0.562. The van der Waals surface area contributed by atoms with Crippen molar-refractivity contribution in [2.45, 2.75) is 166 Å². The second-order valence-electron chi connectivity index (χ2n) is 25.7. The molecule has 4 aliphatic carbocycles. The van der Waals surface area contributed by atoms with Gasteiger partial charge in [-0.3, -0.25) is 24.6 Å². The average molecular weight is 1250 g/mol. The van der Waals surface area contributed by atoms with E-state index in [2.05, 4.69) is 49.6 Å². The van der Waals surface area contributed by atoms with E-state index in [9.17, 15) is 47.1 Å². The van der Waals surface area contributed by atoms with Gasteiger partial charge in [0.25, 0.3) is 10.0 Å². The molecule has 0 radical (unpaired) electrons. The number of benzene rings is 3. The molecule has 2 bridgehead atoms. The zero-order valence-electron chi connectivity index (χ0n) is 51.8. The lowest BCUT2D eigenvalue weighted by Gasteiger charge is -2.45. The molecule has 1 saturated heterocycles. The number of likely N-dealkylation sites (tertiary alicyclic amines) is 1. The summed E-state index contributed by atoms with van der Waals surface area (Å²) in [6.07, 6.45) is 4.13. The molecule has 89 heavy (non-hydrogen) atoms. The highest BCUT2D eigenvalue weighted by Crippen LogP contribution is 2.83. The molecule has 3 aromatic rings. The van der Waals surface area contributed by atoms with Crippen LogP contribution in [0, 0.1) is 55.3 Å². The van der Waals surface area contributed by atoms with E-state index in [1.807, 2.05) is 32.1 Å². The summed E-state index contributed by atoms with van der Waals surface area (Å²) in [5.41, 5.74) is 4.86. The topological polar surface area (TPSA) is 331 Å². The first-order valence-corrected chi connectivity index (χ1v) is 32.3. The van der Waals surface area contributed by atoms with Gasteiger partial charge in [0.1, 0.15) is 35.8 Å². The number of nitrogens with zero attached hydrogens (tertiary/aromatic N) is 1. The zero-order valence-corrected chi connectivity index (χ0v) is 52.6. The van der Waals surface area contributed by atoms with Crippen LogP contribution in [0.25, 0.3) is 0 Å². The first kappa shape index (κ1) is 63.9. The highest BCUT2D eigenvalue weighted by Gasteiger charge is 2.81. The minimum Gasteiger partial charge on any atom is -0.493 e. The summed E-state index contributed by atoms with van der Waals surface area (Å²) in [6.45, 7) is 12.3. The molecule has 6 amide bonds. The number of carboxylic acids is 1. The van der Waals surface area contributed by atoms with E-state index in [0.717, 1.165) is 29.5 Å². The normalized spacial score (nSPS) is 24.9. The number of piperidine rings is 1. The quantitative estimate of drug-likeness (QED) is 0.0310. The van der Waals surface area contributed by atoms with Gasteiger partial charge in [0, 0.05) is 62.0 Å². The Labute approximate surface area is 518 Å². The lowest BCUT2D eigenvalue weighted by molar-refractivity contribution is -0.139. The number of methoxy groups -OCH3 is 1. The number of carbonyl (C=O) groups is 7. The number of amides is 6. The molecule has 3 aliphatic heterocycles. The number of allylic oxidation sites excluding steroid dienone is 1. The second-order valence-corrected chi connectivity index (χ2v) is 27.3. The molecule has 25 heteroatoms. The SMILES string of the molecule is COc1ccc2c3c1O[C@H]1C(OC(=O)N4CCC(C(=O)NCCCC[C@H](NC(=O)OCc5ccccc5)C(=O)O)CC4CNC(=O)[C@H](CCCNC(=N)NS(=O)(=O)c4c(C)c(C)c5c(c4C)CC(C)(C)O5)NC(=O)CNC(C)=O)=CC[C@H]4[C@@H]5C(C)C5(C2)C[C@]314. The molecule has 4 unspecified atom stereocenters. The molecule has 2 saturated carbocycles. The van der Waals surface area contributed by atoms with Crippen LogP contribution in [0.3, 0.4) is 0 Å². The van der Waals surface area contributed by atoms with Crippen LogP contribution in [0.15, 0.2) is 59.2 Å². The number of fused-ring (bicyclic) bond motifs is 2. The molecular formula is C64H83N9O15S. The summed E-state index contributed by atoms with van der Waals surface area (Å²) in [4.78, 5) is 94.3. The number of unbranched alkanes of at least 4 members (excludes halogenated alkanes) is 1. The van der Waals surface area contributed by atoms with Crippen molar-refractivity contribution >= 4 is 57.8 Å². The Bertz CT molecular complexity index is 3490. The van der Waals surface area contributed by atoms with Crippen molar-refractivity contribution in [3.8, 4) is 17.2 Å². The van der Waals surface area contributed by atoms with Gasteiger partial charge in [-0.05, 0) is 162 Å². The van der Waals surface area contributed by atoms with Gasteiger partial charge < -0.3 is 65.6 Å². The number of ether oxygens (including phenoxy) is 5. The van der Waals surface area contributed by atoms with Crippen molar-refractivity contribution in [2.75, 3.05) is 39.8 Å². The van der Waals surface area contributed by atoms with Crippen LogP contribution in [0.1, 0.15) is 124 Å². The highest BCUT2D eigenvalue weighted by atomic mass is 32.2. The largest absolute Gasteiger partial charge is 0.493 e. The van der Waals surface area contributed by atoms with Crippen molar-refractivity contribution in [1.82, 2.24) is 41.5 Å². The number of carbonyl (C=O) groups excluding carboxylic acids is 6. The van der Waals surface area contributed by atoms with E-state index in [4.69, 9.17) is 29.1 Å². The van der Waals surface area contributed by atoms with Gasteiger partial charge in [-0.1, -0.05) is 43.3 Å². The van der Waals surface area contributed by atoms with Gasteiger partial charge in [-0.2, -0.15) is 0 Å². The molecule has 9 N–H and O–H groups in total. The lowest BCUT2D eigenvalue weighted by atomic mass is 9.58. The summed E-state index contributed by atoms with van der Waals surface area (Å²) in [7, 11) is -2.64. The first-order valence-electron chi connectivity index (χ1n) is 30.8. The predicted octanol–water partition coefficient (Wildman–Crippen LogP) is 5.35. The molecule has 3 fully saturated rings. The Balaban J connectivity index is 0.799. The van der Waals surface area contributed by atoms with Crippen molar-refractivity contribution in [2.24, 2.45) is 29.1 Å². The van der Waals surface area contributed by atoms with Crippen LogP contribution in [0.4, 0.5) is 9.59 Å². The third kappa shape index (κ3) is 12.8. The molecule has 24 nitrogen and oxygen atoms in total. The molecular weight excluding hydrogens is 1170 g/mol. The number of hydrogen-bond acceptors (Lipinski definition) is 15. The van der Waals surface area contributed by atoms with Crippen LogP contribution in [-0.4, -0.2) is 136 Å². The van der Waals surface area contributed by atoms with Crippen LogP contribution in [-0.2, 0) is 68.3 Å². The third-order valence-corrected chi connectivity index (χ3v) is 21.3. The fourth-order valence-electron chi connectivity index (χ4n) is 15.4. The van der Waals surface area contributed by atoms with Gasteiger partial charge in [0.05, 0.1) is 24.6 Å². The maximum Gasteiger partial charge on any atom is 0.415 e. The van der Waals surface area contributed by atoms with E-state index in [1.54, 1.807) is 52.1 Å². The number of guanidine groups is 1. The Kier molecular flexibility index (Phi) is 18.3. The summed E-state index contributed by atoms with van der Waals surface area (Å²) < 4.78 is 60.7. The van der Waals surface area contributed by atoms with Gasteiger partial charge in [-0.15, -0.1) is 0 Å². The Hall–Kier alpha value is -8.09. The number of rotatable bonds is 24. The molecule has 3 aromatic carbocycles. The highest BCUT2D eigenvalue weighted by molar-refractivity contribution is 7.90. The van der Waals surface area contributed by atoms with E-state index in [0.29, 0.717) is 77.2 Å². The zero-order chi connectivity index (χ0) is 63.9. The van der Waals surface area contributed by atoms with Crippen molar-refractivity contribution < 1.29 is 70.8 Å². The number of nitrogens with one attached hydrogen (secondary N) is 8. The van der Waals surface area contributed by atoms with Crippen LogP contribution < -0.4 is 50.8 Å². The van der Waals surface area contributed by atoms with Crippen LogP contribution in [0.5, 0.6) is 17.2 Å². The van der Waals surface area contributed by atoms with E-state index in [-0.39, 0.29) is 87.0 Å². The second kappa shape index (κ2) is 25.4. The van der Waals surface area contributed by atoms with Crippen LogP contribution >= 0.6 is 0 Å². The Morgan fingerprint density at radius 1 is 0.876 bits per heavy atom. The molecule has 7 aliphatic rings. The number of alkyl carbamates (subject to hydrolysis) is 1. The maximum absolute atomic E-state index is 14.8. The number of sulfonamides is 1. The molecule has 10 atom stereocenters. The summed E-state index contributed by atoms with van der Waals surface area (Å²) in [5, 5.41) is 34.6. The van der Waals surface area contributed by atoms with Crippen molar-refractivity contribution in [1.29, 1.82) is 5.41 Å². The lowest BCUT2D eigenvalue weighted by Crippen LogP contribution is -2.56. The summed E-state index contributed by atoms with van der Waals surface area (Å²) in [5.74, 6) is -0.803.